The summed E-state index contributed by atoms with van der Waals surface area (Å²) in [5.41, 5.74) is 0. The van der Waals surface area contributed by atoms with Crippen molar-refractivity contribution in [3.8, 4) is 0 Å². The first-order chi connectivity index (χ1) is 10.2. The number of hydrogen-bond donors (Lipinski definition) is 1. The number of rotatable bonds is 8. The van der Waals surface area contributed by atoms with Gasteiger partial charge in [0.2, 0.25) is 0 Å². The zero-order valence-electron chi connectivity index (χ0n) is 13.6. The normalized spacial score (nSPS) is 17.7. The summed E-state index contributed by atoms with van der Waals surface area (Å²) in [7, 11) is 1.71. The van der Waals surface area contributed by atoms with Crippen molar-refractivity contribution in [1.82, 2.24) is 15.1 Å². The van der Waals surface area contributed by atoms with Gasteiger partial charge in [-0.05, 0) is 26.0 Å². The van der Waals surface area contributed by atoms with Crippen molar-refractivity contribution < 1.29 is 9.15 Å². The largest absolute Gasteiger partial charge is 0.463 e. The Kier molecular flexibility index (Phi) is 6.70. The van der Waals surface area contributed by atoms with Crippen molar-refractivity contribution in [3.05, 3.63) is 23.7 Å². The first kappa shape index (κ1) is 16.5. The van der Waals surface area contributed by atoms with Crippen LogP contribution < -0.4 is 5.32 Å². The third kappa shape index (κ3) is 5.43. The van der Waals surface area contributed by atoms with Crippen molar-refractivity contribution in [3.63, 3.8) is 0 Å². The Morgan fingerprint density at radius 3 is 2.57 bits per heavy atom. The molecule has 5 nitrogen and oxygen atoms in total. The number of methoxy groups -OCH3 is 1. The van der Waals surface area contributed by atoms with Gasteiger partial charge in [0.15, 0.2) is 0 Å². The van der Waals surface area contributed by atoms with E-state index >= 15 is 0 Å². The van der Waals surface area contributed by atoms with Crippen LogP contribution in [-0.4, -0.2) is 62.3 Å². The fourth-order valence-corrected chi connectivity index (χ4v) is 2.65. The molecule has 120 valence electrons. The minimum absolute atomic E-state index is 0.653. The zero-order valence-corrected chi connectivity index (χ0v) is 13.6. The van der Waals surface area contributed by atoms with Crippen LogP contribution in [0.4, 0.5) is 0 Å². The minimum atomic E-state index is 0.653. The van der Waals surface area contributed by atoms with Gasteiger partial charge in [0.25, 0.3) is 0 Å². The van der Waals surface area contributed by atoms with Crippen LogP contribution in [0.1, 0.15) is 25.4 Å². The Balaban J connectivity index is 1.70. The van der Waals surface area contributed by atoms with Gasteiger partial charge in [-0.1, -0.05) is 0 Å². The molecular weight excluding hydrogens is 266 g/mol. The molecule has 5 heteroatoms. The lowest BCUT2D eigenvalue weighted by Crippen LogP contribution is -2.48. The van der Waals surface area contributed by atoms with E-state index in [2.05, 4.69) is 41.1 Å². The van der Waals surface area contributed by atoms with Crippen LogP contribution >= 0.6 is 0 Å². The summed E-state index contributed by atoms with van der Waals surface area (Å²) in [5.74, 6) is 2.07. The average Bonchev–Trinajstić information content (AvgIpc) is 2.92. The molecule has 0 radical (unpaired) electrons. The Morgan fingerprint density at radius 2 is 1.90 bits per heavy atom. The van der Waals surface area contributed by atoms with E-state index in [0.29, 0.717) is 6.04 Å². The topological polar surface area (TPSA) is 40.9 Å². The molecule has 0 aromatic carbocycles. The molecule has 2 heterocycles. The van der Waals surface area contributed by atoms with E-state index in [1.54, 1.807) is 7.11 Å². The summed E-state index contributed by atoms with van der Waals surface area (Å²) in [6, 6.07) is 4.82. The molecule has 0 saturated carbocycles. The maximum atomic E-state index is 5.88. The van der Waals surface area contributed by atoms with Crippen molar-refractivity contribution in [2.24, 2.45) is 0 Å². The van der Waals surface area contributed by atoms with E-state index in [9.17, 15) is 0 Å². The Morgan fingerprint density at radius 1 is 1.19 bits per heavy atom. The third-order valence-corrected chi connectivity index (χ3v) is 4.02. The Hall–Kier alpha value is -0.880. The molecule has 0 spiro atoms. The van der Waals surface area contributed by atoms with Crippen molar-refractivity contribution in [2.45, 2.75) is 33.0 Å². The monoisotopic (exact) mass is 295 g/mol. The smallest absolute Gasteiger partial charge is 0.118 e. The molecule has 1 aromatic heterocycles. The highest BCUT2D eigenvalue weighted by Gasteiger charge is 2.19. The van der Waals surface area contributed by atoms with E-state index < -0.39 is 0 Å². The van der Waals surface area contributed by atoms with Crippen molar-refractivity contribution >= 4 is 0 Å². The molecule has 1 saturated heterocycles. The maximum absolute atomic E-state index is 5.88. The first-order valence-electron chi connectivity index (χ1n) is 7.92. The molecule has 1 fully saturated rings. The van der Waals surface area contributed by atoms with Crippen LogP contribution in [0.3, 0.4) is 0 Å². The summed E-state index contributed by atoms with van der Waals surface area (Å²) in [4.78, 5) is 5.00. The Labute approximate surface area is 128 Å². The van der Waals surface area contributed by atoms with Gasteiger partial charge >= 0.3 is 0 Å². The van der Waals surface area contributed by atoms with Gasteiger partial charge in [-0.3, -0.25) is 9.80 Å². The van der Waals surface area contributed by atoms with Gasteiger partial charge in [-0.2, -0.15) is 0 Å². The van der Waals surface area contributed by atoms with Crippen LogP contribution in [0.15, 0.2) is 16.5 Å². The first-order valence-corrected chi connectivity index (χ1v) is 7.92. The van der Waals surface area contributed by atoms with Gasteiger partial charge in [-0.15, -0.1) is 0 Å². The molecule has 21 heavy (non-hydrogen) atoms. The molecule has 0 unspecified atom stereocenters. The van der Waals surface area contributed by atoms with Crippen LogP contribution in [0, 0.1) is 0 Å². The summed E-state index contributed by atoms with van der Waals surface area (Å²) in [6.07, 6.45) is 0. The molecule has 0 bridgehead atoms. The second-order valence-corrected chi connectivity index (χ2v) is 5.94. The number of hydrogen-bond acceptors (Lipinski definition) is 5. The number of furan rings is 1. The van der Waals surface area contributed by atoms with Crippen LogP contribution in [0.5, 0.6) is 0 Å². The van der Waals surface area contributed by atoms with Gasteiger partial charge in [0.05, 0.1) is 19.7 Å². The summed E-state index contributed by atoms with van der Waals surface area (Å²) >= 11 is 0. The molecule has 0 amide bonds. The van der Waals surface area contributed by atoms with Gasteiger partial charge in [0, 0.05) is 45.9 Å². The standard InChI is InChI=1S/C16H29N3O2/c1-14(2)19-9-7-18(8-10-19)13-16-5-4-15(21-16)12-17-6-11-20-3/h4-5,14,17H,6-13H2,1-3H3. The highest BCUT2D eigenvalue weighted by atomic mass is 16.5. The average molecular weight is 295 g/mol. The van der Waals surface area contributed by atoms with E-state index in [4.69, 9.17) is 9.15 Å². The maximum Gasteiger partial charge on any atom is 0.118 e. The van der Waals surface area contributed by atoms with Gasteiger partial charge < -0.3 is 14.5 Å². The summed E-state index contributed by atoms with van der Waals surface area (Å²) < 4.78 is 10.9. The van der Waals surface area contributed by atoms with E-state index in [0.717, 1.165) is 63.9 Å². The van der Waals surface area contributed by atoms with E-state index in [1.807, 2.05) is 0 Å². The highest BCUT2D eigenvalue weighted by Crippen LogP contribution is 2.13. The summed E-state index contributed by atoms with van der Waals surface area (Å²) in [5, 5.41) is 3.30. The molecule has 1 aliphatic heterocycles. The molecule has 1 N–H and O–H groups in total. The minimum Gasteiger partial charge on any atom is -0.463 e. The third-order valence-electron chi connectivity index (χ3n) is 4.02. The molecular formula is C16H29N3O2. The lowest BCUT2D eigenvalue weighted by molar-refractivity contribution is 0.0987. The van der Waals surface area contributed by atoms with Gasteiger partial charge in [0.1, 0.15) is 11.5 Å². The van der Waals surface area contributed by atoms with Crippen LogP contribution in [0.25, 0.3) is 0 Å². The van der Waals surface area contributed by atoms with Gasteiger partial charge in [-0.25, -0.2) is 0 Å². The quantitative estimate of drug-likeness (QED) is 0.737. The van der Waals surface area contributed by atoms with Crippen LogP contribution in [-0.2, 0) is 17.8 Å². The highest BCUT2D eigenvalue weighted by molar-refractivity contribution is 5.07. The number of nitrogens with zero attached hydrogens (tertiary/aromatic N) is 2. The number of ether oxygens (including phenoxy) is 1. The van der Waals surface area contributed by atoms with E-state index in [1.165, 1.54) is 0 Å². The fourth-order valence-electron chi connectivity index (χ4n) is 2.65. The zero-order chi connectivity index (χ0) is 15.1. The Bertz CT molecular complexity index is 398. The second kappa shape index (κ2) is 8.54. The lowest BCUT2D eigenvalue weighted by atomic mass is 10.2. The number of piperazine rings is 1. The van der Waals surface area contributed by atoms with Crippen LogP contribution in [0.2, 0.25) is 0 Å². The molecule has 0 aliphatic carbocycles. The summed E-state index contributed by atoms with van der Waals surface area (Å²) in [6.45, 7) is 12.4. The van der Waals surface area contributed by atoms with E-state index in [-0.39, 0.29) is 0 Å². The fraction of sp³-hybridized carbons (Fsp3) is 0.750. The molecule has 0 atom stereocenters. The molecule has 2 rings (SSSR count). The second-order valence-electron chi connectivity index (χ2n) is 5.94. The molecule has 1 aliphatic rings. The van der Waals surface area contributed by atoms with Crippen molar-refractivity contribution in [2.75, 3.05) is 46.4 Å². The predicted molar refractivity (Wildman–Crippen MR) is 84.3 cm³/mol. The SMILES string of the molecule is COCCNCc1ccc(CN2CCN(C(C)C)CC2)o1. The molecule has 1 aromatic rings. The predicted octanol–water partition coefficient (Wildman–Crippen LogP) is 1.54. The van der Waals surface area contributed by atoms with Crippen molar-refractivity contribution in [1.29, 1.82) is 0 Å². The lowest BCUT2D eigenvalue weighted by Gasteiger charge is -2.36. The number of nitrogens with one attached hydrogen (secondary N) is 1.